The van der Waals surface area contributed by atoms with Crippen molar-refractivity contribution in [2.45, 2.75) is 0 Å². The summed E-state index contributed by atoms with van der Waals surface area (Å²) in [6, 6.07) is 24.8. The van der Waals surface area contributed by atoms with Gasteiger partial charge in [-0.15, -0.1) is 0 Å². The van der Waals surface area contributed by atoms with Gasteiger partial charge in [-0.1, -0.05) is 42.2 Å². The molecule has 0 saturated carbocycles. The molecule has 0 spiro atoms. The third kappa shape index (κ3) is 7.24. The summed E-state index contributed by atoms with van der Waals surface area (Å²) < 4.78 is 0. The number of nitro benzene ring substituents is 2. The van der Waals surface area contributed by atoms with Crippen molar-refractivity contribution in [3.63, 3.8) is 0 Å². The Balaban J connectivity index is 1.39. The zero-order chi connectivity index (χ0) is 28.5. The molecular formula is C30H20N4O6. The van der Waals surface area contributed by atoms with Gasteiger partial charge < -0.3 is 10.6 Å². The second-order valence-electron chi connectivity index (χ2n) is 8.33. The van der Waals surface area contributed by atoms with E-state index in [1.54, 1.807) is 54.6 Å². The van der Waals surface area contributed by atoms with Crippen molar-refractivity contribution < 1.29 is 19.4 Å². The molecule has 0 atom stereocenters. The molecule has 0 radical (unpaired) electrons. The van der Waals surface area contributed by atoms with E-state index < -0.39 is 21.7 Å². The average Bonchev–Trinajstić information content (AvgIpc) is 2.96. The van der Waals surface area contributed by atoms with E-state index in [9.17, 15) is 29.8 Å². The minimum atomic E-state index is -0.562. The highest BCUT2D eigenvalue weighted by atomic mass is 16.6. The molecule has 2 N–H and O–H groups in total. The maximum absolute atomic E-state index is 12.5. The number of non-ortho nitro benzene ring substituents is 2. The zero-order valence-electron chi connectivity index (χ0n) is 20.7. The number of hydrogen-bond acceptors (Lipinski definition) is 6. The number of benzene rings is 4. The van der Waals surface area contributed by atoms with E-state index in [-0.39, 0.29) is 22.5 Å². The summed E-state index contributed by atoms with van der Waals surface area (Å²) in [6.45, 7) is 0. The fourth-order valence-electron chi connectivity index (χ4n) is 3.59. The molecule has 0 saturated heterocycles. The molecule has 0 aliphatic carbocycles. The molecule has 4 rings (SSSR count). The molecule has 4 aromatic carbocycles. The van der Waals surface area contributed by atoms with E-state index in [0.717, 1.165) is 5.56 Å². The van der Waals surface area contributed by atoms with Crippen LogP contribution in [0.25, 0.3) is 6.08 Å². The molecule has 0 aromatic heterocycles. The van der Waals surface area contributed by atoms with Crippen LogP contribution in [-0.4, -0.2) is 21.7 Å². The smallest absolute Gasteiger partial charge is 0.270 e. The number of carbonyl (C=O) groups is 2. The maximum Gasteiger partial charge on any atom is 0.270 e. The highest BCUT2D eigenvalue weighted by molar-refractivity contribution is 6.05. The molecule has 10 heteroatoms. The van der Waals surface area contributed by atoms with E-state index in [1.165, 1.54) is 48.5 Å². The minimum absolute atomic E-state index is 0.164. The summed E-state index contributed by atoms with van der Waals surface area (Å²) in [5.41, 5.74) is 2.40. The Morgan fingerprint density at radius 1 is 0.675 bits per heavy atom. The molecule has 0 unspecified atom stereocenters. The van der Waals surface area contributed by atoms with E-state index in [2.05, 4.69) is 22.5 Å². The van der Waals surface area contributed by atoms with Crippen LogP contribution < -0.4 is 10.6 Å². The molecule has 0 fully saturated rings. The normalized spacial score (nSPS) is 10.3. The van der Waals surface area contributed by atoms with Crippen molar-refractivity contribution in [2.24, 2.45) is 0 Å². The first-order valence-electron chi connectivity index (χ1n) is 11.8. The van der Waals surface area contributed by atoms with Crippen molar-refractivity contribution in [3.05, 3.63) is 146 Å². The van der Waals surface area contributed by atoms with Gasteiger partial charge in [-0.3, -0.25) is 29.8 Å². The number of allylic oxidation sites excluding steroid dienone is 1. The Morgan fingerprint density at radius 2 is 1.20 bits per heavy atom. The number of nitro groups is 2. The Labute approximate surface area is 228 Å². The molecule has 10 nitrogen and oxygen atoms in total. The van der Waals surface area contributed by atoms with Gasteiger partial charge in [0, 0.05) is 52.3 Å². The fraction of sp³-hybridized carbons (Fsp3) is 0. The predicted molar refractivity (Wildman–Crippen MR) is 151 cm³/mol. The number of anilines is 2. The first kappa shape index (κ1) is 27.0. The van der Waals surface area contributed by atoms with E-state index in [0.29, 0.717) is 16.9 Å². The molecule has 0 aliphatic heterocycles. The number of nitrogens with one attached hydrogen (secondary N) is 2. The molecule has 40 heavy (non-hydrogen) atoms. The molecule has 0 heterocycles. The Hall–Kier alpha value is -6.08. The largest absolute Gasteiger partial charge is 0.322 e. The third-order valence-corrected chi connectivity index (χ3v) is 5.48. The summed E-state index contributed by atoms with van der Waals surface area (Å²) in [6.07, 6.45) is 3.39. The van der Waals surface area contributed by atoms with Crippen LogP contribution in [0.2, 0.25) is 0 Å². The lowest BCUT2D eigenvalue weighted by Gasteiger charge is -2.06. The SMILES string of the molecule is O=C(Nc1cccc(C#C/C=C/c2cccc(NC(=O)c3cccc([N+](=O)[O-])c3)c2)c1)c1cccc([N+](=O)[O-])c1. The van der Waals surface area contributed by atoms with E-state index in [1.807, 2.05) is 6.07 Å². The van der Waals surface area contributed by atoms with Crippen LogP contribution in [0.1, 0.15) is 31.8 Å². The number of carbonyl (C=O) groups excluding carboxylic acids is 2. The lowest BCUT2D eigenvalue weighted by atomic mass is 10.1. The highest BCUT2D eigenvalue weighted by Crippen LogP contribution is 2.18. The van der Waals surface area contributed by atoms with Crippen molar-refractivity contribution in [1.82, 2.24) is 0 Å². The van der Waals surface area contributed by atoms with Gasteiger partial charge in [-0.05, 0) is 60.2 Å². The number of rotatable bonds is 7. The second-order valence-corrected chi connectivity index (χ2v) is 8.33. The molecule has 4 aromatic rings. The van der Waals surface area contributed by atoms with Crippen LogP contribution in [0.3, 0.4) is 0 Å². The molecule has 0 bridgehead atoms. The third-order valence-electron chi connectivity index (χ3n) is 5.48. The highest BCUT2D eigenvalue weighted by Gasteiger charge is 2.13. The van der Waals surface area contributed by atoms with Gasteiger partial charge in [-0.2, -0.15) is 0 Å². The summed E-state index contributed by atoms with van der Waals surface area (Å²) >= 11 is 0. The van der Waals surface area contributed by atoms with Crippen LogP contribution in [0.5, 0.6) is 0 Å². The lowest BCUT2D eigenvalue weighted by Crippen LogP contribution is -2.12. The van der Waals surface area contributed by atoms with Crippen molar-refractivity contribution >= 4 is 40.6 Å². The standard InChI is InChI=1S/C30H20N4O6/c35-29(23-11-5-15-27(19-23)33(37)38)31-25-13-3-9-21(17-25)7-1-2-8-22-10-4-14-26(18-22)32-30(36)24-12-6-16-28(20-24)34(39)40/h1,3-7,9-20H,(H,31,35)(H,32,36)/b7-1+. The van der Waals surface area contributed by atoms with Crippen molar-refractivity contribution in [3.8, 4) is 11.8 Å². The summed E-state index contributed by atoms with van der Waals surface area (Å²) in [5, 5.41) is 27.3. The van der Waals surface area contributed by atoms with Gasteiger partial charge in [0.05, 0.1) is 9.85 Å². The van der Waals surface area contributed by atoms with Gasteiger partial charge in [0.1, 0.15) is 0 Å². The average molecular weight is 533 g/mol. The topological polar surface area (TPSA) is 144 Å². The van der Waals surface area contributed by atoms with Gasteiger partial charge in [0.15, 0.2) is 0 Å². The maximum atomic E-state index is 12.5. The van der Waals surface area contributed by atoms with Gasteiger partial charge in [0.2, 0.25) is 0 Å². The number of nitrogens with zero attached hydrogens (tertiary/aromatic N) is 2. The van der Waals surface area contributed by atoms with E-state index in [4.69, 9.17) is 0 Å². The Kier molecular flexibility index (Phi) is 8.39. The van der Waals surface area contributed by atoms with Crippen LogP contribution in [-0.2, 0) is 0 Å². The van der Waals surface area contributed by atoms with Crippen LogP contribution in [0.4, 0.5) is 22.7 Å². The lowest BCUT2D eigenvalue weighted by molar-refractivity contribution is -0.385. The predicted octanol–water partition coefficient (Wildman–Crippen LogP) is 6.07. The second kappa shape index (κ2) is 12.4. The van der Waals surface area contributed by atoms with Gasteiger partial charge >= 0.3 is 0 Å². The quantitative estimate of drug-likeness (QED) is 0.168. The van der Waals surface area contributed by atoms with Gasteiger partial charge in [0.25, 0.3) is 23.2 Å². The van der Waals surface area contributed by atoms with Crippen LogP contribution >= 0.6 is 0 Å². The van der Waals surface area contributed by atoms with Crippen molar-refractivity contribution in [1.29, 1.82) is 0 Å². The van der Waals surface area contributed by atoms with Crippen molar-refractivity contribution in [2.75, 3.05) is 10.6 Å². The summed E-state index contributed by atoms with van der Waals surface area (Å²) in [7, 11) is 0. The fourth-order valence-corrected chi connectivity index (χ4v) is 3.59. The zero-order valence-corrected chi connectivity index (χ0v) is 20.7. The molecular weight excluding hydrogens is 512 g/mol. The molecule has 196 valence electrons. The van der Waals surface area contributed by atoms with E-state index >= 15 is 0 Å². The number of amides is 2. The molecule has 2 amide bonds. The molecule has 0 aliphatic rings. The van der Waals surface area contributed by atoms with Crippen LogP contribution in [0, 0.1) is 32.1 Å². The monoisotopic (exact) mass is 532 g/mol. The number of hydrogen-bond donors (Lipinski definition) is 2. The van der Waals surface area contributed by atoms with Gasteiger partial charge in [-0.25, -0.2) is 0 Å². The minimum Gasteiger partial charge on any atom is -0.322 e. The summed E-state index contributed by atoms with van der Waals surface area (Å²) in [4.78, 5) is 45.8. The van der Waals surface area contributed by atoms with Crippen LogP contribution in [0.15, 0.2) is 103 Å². The first-order chi connectivity index (χ1) is 19.3. The Bertz CT molecular complexity index is 1720. The first-order valence-corrected chi connectivity index (χ1v) is 11.8. The summed E-state index contributed by atoms with van der Waals surface area (Å²) in [5.74, 6) is 4.94. The Morgan fingerprint density at radius 3 is 1.77 bits per heavy atom.